The van der Waals surface area contributed by atoms with Crippen molar-refractivity contribution in [1.82, 2.24) is 0 Å². The maximum atomic E-state index is 12.2. The van der Waals surface area contributed by atoms with Gasteiger partial charge in [0.05, 0.1) is 35.6 Å². The van der Waals surface area contributed by atoms with Gasteiger partial charge in [0.2, 0.25) is 0 Å². The van der Waals surface area contributed by atoms with Crippen molar-refractivity contribution in [2.24, 2.45) is 5.92 Å². The number of fused-ring (bicyclic) bond motifs is 5. The molecule has 0 unspecified atom stereocenters. The van der Waals surface area contributed by atoms with Crippen molar-refractivity contribution in [3.8, 4) is 0 Å². The van der Waals surface area contributed by atoms with Crippen molar-refractivity contribution < 1.29 is 29.2 Å². The van der Waals surface area contributed by atoms with Gasteiger partial charge in [0.15, 0.2) is 6.10 Å². The van der Waals surface area contributed by atoms with Crippen molar-refractivity contribution in [2.45, 2.75) is 94.9 Å². The first-order chi connectivity index (χ1) is 12.2. The largest absolute Gasteiger partial charge is 0.452 e. The number of carbonyl (C=O) groups is 1. The lowest BCUT2D eigenvalue weighted by Gasteiger charge is -2.44. The first-order valence-electron chi connectivity index (χ1n) is 9.84. The Hall–Kier alpha value is -0.950. The van der Waals surface area contributed by atoms with E-state index in [0.717, 1.165) is 31.3 Å². The lowest BCUT2D eigenvalue weighted by Crippen LogP contribution is -2.52. The van der Waals surface area contributed by atoms with E-state index < -0.39 is 23.8 Å². The minimum Gasteiger partial charge on any atom is -0.452 e. The van der Waals surface area contributed by atoms with E-state index in [-0.39, 0.29) is 30.3 Å². The molecule has 0 spiro atoms. The van der Waals surface area contributed by atoms with Gasteiger partial charge < -0.3 is 24.4 Å². The average Bonchev–Trinajstić information content (AvgIpc) is 3.11. The SMILES string of the molecule is C[C@@H]1CCC[C@@]2(C)O[C@H]2CC[C@@](C)(O)[C@@H]2CC3=C(CO)C(=O)O[C@H]3[C@H]1O2. The molecule has 3 saturated heterocycles. The molecule has 4 rings (SSSR count). The molecule has 0 radical (unpaired) electrons. The first kappa shape index (κ1) is 18.4. The molecular weight excluding hydrogens is 336 g/mol. The molecule has 3 fully saturated rings. The van der Waals surface area contributed by atoms with Crippen LogP contribution in [0.15, 0.2) is 11.1 Å². The topological polar surface area (TPSA) is 88.5 Å². The van der Waals surface area contributed by atoms with Crippen LogP contribution in [0, 0.1) is 5.92 Å². The summed E-state index contributed by atoms with van der Waals surface area (Å²) in [6, 6.07) is 0. The van der Waals surface area contributed by atoms with E-state index in [9.17, 15) is 15.0 Å². The zero-order valence-corrected chi connectivity index (χ0v) is 15.9. The number of aliphatic hydroxyl groups excluding tert-OH is 1. The lowest BCUT2D eigenvalue weighted by atomic mass is 9.78. The minimum absolute atomic E-state index is 0.0556. The van der Waals surface area contributed by atoms with Crippen molar-refractivity contribution in [1.29, 1.82) is 0 Å². The third-order valence-electron chi connectivity index (χ3n) is 6.93. The maximum Gasteiger partial charge on any atom is 0.337 e. The quantitative estimate of drug-likeness (QED) is 0.544. The van der Waals surface area contributed by atoms with Crippen LogP contribution in [0.4, 0.5) is 0 Å². The minimum atomic E-state index is -1.02. The zero-order valence-electron chi connectivity index (χ0n) is 15.9. The Kier molecular flexibility index (Phi) is 4.46. The smallest absolute Gasteiger partial charge is 0.337 e. The Bertz CT molecular complexity index is 626. The highest BCUT2D eigenvalue weighted by molar-refractivity contribution is 5.92. The Morgan fingerprint density at radius 1 is 1.19 bits per heavy atom. The lowest BCUT2D eigenvalue weighted by molar-refractivity contribution is -0.188. The monoisotopic (exact) mass is 366 g/mol. The van der Waals surface area contributed by atoms with Gasteiger partial charge in [-0.25, -0.2) is 4.79 Å². The van der Waals surface area contributed by atoms with Gasteiger partial charge in [-0.15, -0.1) is 0 Å². The zero-order chi connectivity index (χ0) is 18.7. The van der Waals surface area contributed by atoms with Gasteiger partial charge in [0, 0.05) is 6.42 Å². The molecule has 0 aromatic heterocycles. The van der Waals surface area contributed by atoms with Crippen LogP contribution in [0.3, 0.4) is 0 Å². The standard InChI is InChI=1S/C20H30O6/c1-11-5-4-7-20(3)14(26-20)6-8-19(2,23)15-9-12-13(10-21)18(22)25-17(12)16(11)24-15/h11,14-17,21,23H,4-10H2,1-3H3/t11-,14+,15+,16+,17-,19-,20-/m1/s1. The maximum absolute atomic E-state index is 12.2. The molecule has 2 bridgehead atoms. The third kappa shape index (κ3) is 3.01. The summed E-state index contributed by atoms with van der Waals surface area (Å²) in [5.41, 5.74) is 0.0885. The molecule has 0 aliphatic carbocycles. The summed E-state index contributed by atoms with van der Waals surface area (Å²) in [6.07, 6.45) is 3.85. The van der Waals surface area contributed by atoms with Gasteiger partial charge in [-0.2, -0.15) is 0 Å². The van der Waals surface area contributed by atoms with Gasteiger partial charge in [0.25, 0.3) is 0 Å². The number of esters is 1. The Morgan fingerprint density at radius 3 is 2.69 bits per heavy atom. The normalized spacial score (nSPS) is 48.8. The average molecular weight is 366 g/mol. The van der Waals surface area contributed by atoms with E-state index in [4.69, 9.17) is 14.2 Å². The molecule has 6 nitrogen and oxygen atoms in total. The van der Waals surface area contributed by atoms with Crippen LogP contribution in [-0.4, -0.2) is 58.4 Å². The summed E-state index contributed by atoms with van der Waals surface area (Å²) in [6.45, 7) is 5.76. The molecule has 26 heavy (non-hydrogen) atoms. The first-order valence-corrected chi connectivity index (χ1v) is 9.84. The fraction of sp³-hybridized carbons (Fsp3) is 0.850. The van der Waals surface area contributed by atoms with Gasteiger partial charge in [-0.3, -0.25) is 0 Å². The predicted octanol–water partition coefficient (Wildman–Crippen LogP) is 1.87. The molecule has 0 amide bonds. The summed E-state index contributed by atoms with van der Waals surface area (Å²) in [4.78, 5) is 12.2. The second-order valence-corrected chi connectivity index (χ2v) is 8.97. The number of hydrogen-bond acceptors (Lipinski definition) is 6. The van der Waals surface area contributed by atoms with Crippen molar-refractivity contribution in [2.75, 3.05) is 6.61 Å². The van der Waals surface area contributed by atoms with E-state index in [0.29, 0.717) is 18.4 Å². The van der Waals surface area contributed by atoms with Gasteiger partial charge in [-0.05, 0) is 51.0 Å². The van der Waals surface area contributed by atoms with Crippen LogP contribution in [-0.2, 0) is 19.0 Å². The fourth-order valence-corrected chi connectivity index (χ4v) is 4.94. The third-order valence-corrected chi connectivity index (χ3v) is 6.93. The highest BCUT2D eigenvalue weighted by atomic mass is 16.6. The van der Waals surface area contributed by atoms with Crippen LogP contribution in [0.2, 0.25) is 0 Å². The Labute approximate surface area is 154 Å². The highest BCUT2D eigenvalue weighted by Gasteiger charge is 2.54. The summed E-state index contributed by atoms with van der Waals surface area (Å²) >= 11 is 0. The summed E-state index contributed by atoms with van der Waals surface area (Å²) < 4.78 is 17.8. The molecule has 7 atom stereocenters. The van der Waals surface area contributed by atoms with Crippen molar-refractivity contribution >= 4 is 5.97 Å². The second-order valence-electron chi connectivity index (χ2n) is 8.97. The van der Waals surface area contributed by atoms with E-state index in [1.807, 2.05) is 6.92 Å². The molecule has 4 heterocycles. The van der Waals surface area contributed by atoms with E-state index in [1.54, 1.807) is 0 Å². The van der Waals surface area contributed by atoms with E-state index in [2.05, 4.69) is 13.8 Å². The molecule has 0 saturated carbocycles. The second kappa shape index (κ2) is 6.30. The van der Waals surface area contributed by atoms with Crippen LogP contribution >= 0.6 is 0 Å². The molecule has 6 heteroatoms. The number of epoxide rings is 1. The predicted molar refractivity (Wildman–Crippen MR) is 93.4 cm³/mol. The van der Waals surface area contributed by atoms with E-state index in [1.165, 1.54) is 0 Å². The molecule has 4 aliphatic rings. The van der Waals surface area contributed by atoms with Gasteiger partial charge >= 0.3 is 5.97 Å². The number of carbonyl (C=O) groups excluding carboxylic acids is 1. The molecule has 0 aromatic carbocycles. The van der Waals surface area contributed by atoms with Crippen LogP contribution in [0.25, 0.3) is 0 Å². The van der Waals surface area contributed by atoms with Crippen LogP contribution in [0.1, 0.15) is 59.3 Å². The number of rotatable bonds is 1. The van der Waals surface area contributed by atoms with Crippen molar-refractivity contribution in [3.63, 3.8) is 0 Å². The highest BCUT2D eigenvalue weighted by Crippen LogP contribution is 2.47. The Morgan fingerprint density at radius 2 is 1.96 bits per heavy atom. The number of ether oxygens (including phenoxy) is 3. The van der Waals surface area contributed by atoms with Crippen LogP contribution < -0.4 is 0 Å². The fourth-order valence-electron chi connectivity index (χ4n) is 4.94. The number of aliphatic hydroxyl groups is 2. The summed E-state index contributed by atoms with van der Waals surface area (Å²) in [7, 11) is 0. The Balaban J connectivity index is 1.65. The van der Waals surface area contributed by atoms with Gasteiger partial charge in [-0.1, -0.05) is 13.3 Å². The molecule has 2 N–H and O–H groups in total. The summed E-state index contributed by atoms with van der Waals surface area (Å²) in [5.74, 6) is -0.264. The van der Waals surface area contributed by atoms with Crippen LogP contribution in [0.5, 0.6) is 0 Å². The molecular formula is C20H30O6. The molecule has 146 valence electrons. The summed E-state index contributed by atoms with van der Waals surface area (Å²) in [5, 5.41) is 20.8. The molecule has 4 aliphatic heterocycles. The number of hydrogen-bond donors (Lipinski definition) is 2. The van der Waals surface area contributed by atoms with Crippen molar-refractivity contribution in [3.05, 3.63) is 11.1 Å². The van der Waals surface area contributed by atoms with E-state index >= 15 is 0 Å². The molecule has 0 aromatic rings. The van der Waals surface area contributed by atoms with Gasteiger partial charge in [0.1, 0.15) is 6.10 Å².